The number of carbonyl (C=O) groups is 2. The van der Waals surface area contributed by atoms with E-state index in [9.17, 15) is 9.59 Å². The summed E-state index contributed by atoms with van der Waals surface area (Å²) in [5.74, 6) is -0.818. The number of nitrogens with one attached hydrogen (secondary N) is 2. The molecule has 0 bridgehead atoms. The minimum absolute atomic E-state index is 0.293. The highest BCUT2D eigenvalue weighted by molar-refractivity contribution is 6.39. The molecule has 0 aromatic heterocycles. The van der Waals surface area contributed by atoms with E-state index < -0.39 is 11.8 Å². The summed E-state index contributed by atoms with van der Waals surface area (Å²) in [4.78, 5) is 22.9. The van der Waals surface area contributed by atoms with Crippen molar-refractivity contribution >= 4 is 17.5 Å². The Hall–Kier alpha value is -2.08. The van der Waals surface area contributed by atoms with Gasteiger partial charge in [0.15, 0.2) is 0 Å². The van der Waals surface area contributed by atoms with E-state index in [2.05, 4.69) is 10.6 Å². The van der Waals surface area contributed by atoms with Crippen LogP contribution in [0.15, 0.2) is 24.3 Å². The van der Waals surface area contributed by atoms with Crippen molar-refractivity contribution < 1.29 is 19.1 Å². The second-order valence-electron chi connectivity index (χ2n) is 3.43. The summed E-state index contributed by atoms with van der Waals surface area (Å²) in [6.45, 7) is 0.652. The lowest BCUT2D eigenvalue weighted by molar-refractivity contribution is -0.136. The quantitative estimate of drug-likeness (QED) is 0.587. The number of carbonyl (C=O) groups excluding carboxylic acids is 2. The van der Waals surface area contributed by atoms with Crippen molar-refractivity contribution in [3.8, 4) is 5.75 Å². The monoisotopic (exact) mass is 252 g/mol. The van der Waals surface area contributed by atoms with Gasteiger partial charge < -0.3 is 20.1 Å². The molecular weight excluding hydrogens is 236 g/mol. The highest BCUT2D eigenvalue weighted by Crippen LogP contribution is 2.16. The maximum atomic E-state index is 11.5. The van der Waals surface area contributed by atoms with Gasteiger partial charge in [-0.3, -0.25) is 9.59 Å². The zero-order valence-electron chi connectivity index (χ0n) is 10.4. The summed E-state index contributed by atoms with van der Waals surface area (Å²) in [5.41, 5.74) is 0.501. The van der Waals surface area contributed by atoms with Crippen molar-refractivity contribution in [2.24, 2.45) is 0 Å². The van der Waals surface area contributed by atoms with Gasteiger partial charge in [-0.2, -0.15) is 0 Å². The van der Waals surface area contributed by atoms with Crippen LogP contribution in [-0.2, 0) is 14.3 Å². The van der Waals surface area contributed by atoms with Crippen LogP contribution in [0, 0.1) is 0 Å². The lowest BCUT2D eigenvalue weighted by atomic mass is 10.3. The number of benzene rings is 1. The predicted molar refractivity (Wildman–Crippen MR) is 66.5 cm³/mol. The third-order valence-electron chi connectivity index (χ3n) is 2.13. The Bertz CT molecular complexity index is 420. The largest absolute Gasteiger partial charge is 0.497 e. The van der Waals surface area contributed by atoms with Gasteiger partial charge in [-0.05, 0) is 12.1 Å². The maximum absolute atomic E-state index is 11.5. The van der Waals surface area contributed by atoms with E-state index in [1.807, 2.05) is 0 Å². The van der Waals surface area contributed by atoms with Gasteiger partial charge in [-0.25, -0.2) is 0 Å². The van der Waals surface area contributed by atoms with Crippen LogP contribution in [-0.4, -0.2) is 39.2 Å². The van der Waals surface area contributed by atoms with Gasteiger partial charge in [0.2, 0.25) is 0 Å². The maximum Gasteiger partial charge on any atom is 0.313 e. The Morgan fingerprint density at radius 1 is 1.22 bits per heavy atom. The molecule has 1 aromatic carbocycles. The van der Waals surface area contributed by atoms with Crippen molar-refractivity contribution in [3.05, 3.63) is 24.3 Å². The highest BCUT2D eigenvalue weighted by atomic mass is 16.5. The van der Waals surface area contributed by atoms with Crippen molar-refractivity contribution in [3.63, 3.8) is 0 Å². The molecular formula is C12H16N2O4. The van der Waals surface area contributed by atoms with Crippen LogP contribution in [0.4, 0.5) is 5.69 Å². The SMILES string of the molecule is COCCNC(=O)C(=O)Nc1cccc(OC)c1. The summed E-state index contributed by atoms with van der Waals surface area (Å²) in [7, 11) is 3.04. The summed E-state index contributed by atoms with van der Waals surface area (Å²) < 4.78 is 9.77. The number of anilines is 1. The first kappa shape index (κ1) is 14.0. The van der Waals surface area contributed by atoms with Gasteiger partial charge in [0.1, 0.15) is 5.75 Å². The van der Waals surface area contributed by atoms with Crippen molar-refractivity contribution in [1.82, 2.24) is 5.32 Å². The molecule has 0 saturated heterocycles. The Morgan fingerprint density at radius 2 is 2.00 bits per heavy atom. The number of hydrogen-bond donors (Lipinski definition) is 2. The first-order valence-corrected chi connectivity index (χ1v) is 5.39. The molecule has 6 heteroatoms. The van der Waals surface area contributed by atoms with E-state index in [1.54, 1.807) is 24.3 Å². The number of amides is 2. The average molecular weight is 252 g/mol. The number of rotatable bonds is 5. The second kappa shape index (κ2) is 7.29. The standard InChI is InChI=1S/C12H16N2O4/c1-17-7-6-13-11(15)12(16)14-9-4-3-5-10(8-9)18-2/h3-5,8H,6-7H2,1-2H3,(H,13,15)(H,14,16). The molecule has 0 atom stereocenters. The Labute approximate surface area is 105 Å². The lowest BCUT2D eigenvalue weighted by Gasteiger charge is -2.07. The molecule has 6 nitrogen and oxygen atoms in total. The molecule has 0 fully saturated rings. The molecule has 0 aliphatic heterocycles. The van der Waals surface area contributed by atoms with E-state index in [-0.39, 0.29) is 0 Å². The van der Waals surface area contributed by atoms with Crippen molar-refractivity contribution in [2.45, 2.75) is 0 Å². The van der Waals surface area contributed by atoms with Gasteiger partial charge in [-0.15, -0.1) is 0 Å². The molecule has 0 spiro atoms. The van der Waals surface area contributed by atoms with E-state index in [0.29, 0.717) is 24.6 Å². The van der Waals surface area contributed by atoms with Gasteiger partial charge in [0.05, 0.1) is 13.7 Å². The predicted octanol–water partition coefficient (Wildman–Crippen LogP) is 0.396. The molecule has 0 heterocycles. The molecule has 0 saturated carbocycles. The van der Waals surface area contributed by atoms with Gasteiger partial charge in [-0.1, -0.05) is 6.07 Å². The highest BCUT2D eigenvalue weighted by Gasteiger charge is 2.12. The fraction of sp³-hybridized carbons (Fsp3) is 0.333. The van der Waals surface area contributed by atoms with Gasteiger partial charge in [0.25, 0.3) is 0 Å². The molecule has 0 aliphatic carbocycles. The normalized spacial score (nSPS) is 9.67. The molecule has 2 amide bonds. The van der Waals surface area contributed by atoms with E-state index in [0.717, 1.165) is 0 Å². The molecule has 0 aliphatic rings. The molecule has 0 radical (unpaired) electrons. The Morgan fingerprint density at radius 3 is 2.67 bits per heavy atom. The Balaban J connectivity index is 2.50. The van der Waals surface area contributed by atoms with Crippen LogP contribution in [0.3, 0.4) is 0 Å². The molecule has 98 valence electrons. The minimum atomic E-state index is -0.723. The summed E-state index contributed by atoms with van der Waals surface area (Å²) in [5, 5.41) is 4.90. The Kier molecular flexibility index (Phi) is 5.66. The molecule has 1 aromatic rings. The van der Waals surface area contributed by atoms with Crippen LogP contribution in [0.2, 0.25) is 0 Å². The third kappa shape index (κ3) is 4.42. The fourth-order valence-electron chi connectivity index (χ4n) is 1.24. The molecule has 1 rings (SSSR count). The van der Waals surface area contributed by atoms with Crippen LogP contribution in [0.1, 0.15) is 0 Å². The van der Waals surface area contributed by atoms with E-state index in [4.69, 9.17) is 9.47 Å². The third-order valence-corrected chi connectivity index (χ3v) is 2.13. The molecule has 18 heavy (non-hydrogen) atoms. The van der Waals surface area contributed by atoms with E-state index >= 15 is 0 Å². The number of ether oxygens (including phenoxy) is 2. The van der Waals surface area contributed by atoms with Crippen LogP contribution < -0.4 is 15.4 Å². The van der Waals surface area contributed by atoms with Crippen molar-refractivity contribution in [2.75, 3.05) is 32.7 Å². The van der Waals surface area contributed by atoms with E-state index in [1.165, 1.54) is 14.2 Å². The van der Waals surface area contributed by atoms with Gasteiger partial charge >= 0.3 is 11.8 Å². The van der Waals surface area contributed by atoms with Crippen LogP contribution in [0.25, 0.3) is 0 Å². The topological polar surface area (TPSA) is 76.7 Å². The first-order valence-electron chi connectivity index (χ1n) is 5.39. The summed E-state index contributed by atoms with van der Waals surface area (Å²) in [6, 6.07) is 6.76. The number of hydrogen-bond acceptors (Lipinski definition) is 4. The minimum Gasteiger partial charge on any atom is -0.497 e. The molecule has 2 N–H and O–H groups in total. The van der Waals surface area contributed by atoms with Gasteiger partial charge in [0, 0.05) is 25.4 Å². The number of methoxy groups -OCH3 is 2. The average Bonchev–Trinajstić information content (AvgIpc) is 2.39. The zero-order chi connectivity index (χ0) is 13.4. The lowest BCUT2D eigenvalue weighted by Crippen LogP contribution is -2.37. The summed E-state index contributed by atoms with van der Waals surface area (Å²) in [6.07, 6.45) is 0. The van der Waals surface area contributed by atoms with Crippen LogP contribution >= 0.6 is 0 Å². The van der Waals surface area contributed by atoms with Crippen molar-refractivity contribution in [1.29, 1.82) is 0 Å². The smallest absolute Gasteiger partial charge is 0.313 e. The zero-order valence-corrected chi connectivity index (χ0v) is 10.4. The fourth-order valence-corrected chi connectivity index (χ4v) is 1.24. The second-order valence-corrected chi connectivity index (χ2v) is 3.43. The summed E-state index contributed by atoms with van der Waals surface area (Å²) >= 11 is 0. The first-order chi connectivity index (χ1) is 8.67. The molecule has 0 unspecified atom stereocenters. The van der Waals surface area contributed by atoms with Crippen LogP contribution in [0.5, 0.6) is 5.75 Å².